The smallest absolute Gasteiger partial charge is 0.306 e. The Morgan fingerprint density at radius 2 is 1.79 bits per heavy atom. The number of hydrogen-bond acceptors (Lipinski definition) is 8. The summed E-state index contributed by atoms with van der Waals surface area (Å²) in [5.74, 6) is 0.581. The molecule has 2 unspecified atom stereocenters. The minimum atomic E-state index is -0.635. The molecule has 2 aromatic carbocycles. The molecule has 33 heavy (non-hydrogen) atoms. The van der Waals surface area contributed by atoms with Crippen LogP contribution in [0.5, 0.6) is 11.5 Å². The van der Waals surface area contributed by atoms with E-state index in [1.54, 1.807) is 43.5 Å². The Morgan fingerprint density at radius 1 is 1.09 bits per heavy atom. The number of ether oxygens (including phenoxy) is 3. The molecule has 0 radical (unpaired) electrons. The van der Waals surface area contributed by atoms with Crippen molar-refractivity contribution in [3.63, 3.8) is 0 Å². The van der Waals surface area contributed by atoms with Crippen LogP contribution >= 0.6 is 11.8 Å². The second-order valence-corrected chi connectivity index (χ2v) is 8.53. The summed E-state index contributed by atoms with van der Waals surface area (Å²) in [4.78, 5) is 45.7. The second-order valence-electron chi connectivity index (χ2n) is 7.35. The predicted octanol–water partition coefficient (Wildman–Crippen LogP) is 3.62. The molecule has 2 aromatic rings. The summed E-state index contributed by atoms with van der Waals surface area (Å²) in [7, 11) is 1.57. The molecule has 0 aliphatic carbocycles. The van der Waals surface area contributed by atoms with Gasteiger partial charge in [-0.25, -0.2) is 0 Å². The van der Waals surface area contributed by atoms with Crippen LogP contribution in [0.15, 0.2) is 48.5 Å². The van der Waals surface area contributed by atoms with Crippen molar-refractivity contribution in [2.24, 2.45) is 0 Å². The lowest BCUT2D eigenvalue weighted by Crippen LogP contribution is -2.25. The van der Waals surface area contributed by atoms with E-state index in [0.29, 0.717) is 30.8 Å². The lowest BCUT2D eigenvalue weighted by atomic mass is 10.1. The Bertz CT molecular complexity index is 975. The lowest BCUT2D eigenvalue weighted by Gasteiger charge is -2.19. The summed E-state index contributed by atoms with van der Waals surface area (Å²) in [5, 5.41) is 1.53. The highest BCUT2D eigenvalue weighted by molar-refractivity contribution is 8.15. The van der Waals surface area contributed by atoms with Crippen LogP contribution in [0.1, 0.15) is 36.5 Å². The van der Waals surface area contributed by atoms with Crippen molar-refractivity contribution in [2.45, 2.75) is 37.0 Å². The number of amides is 2. The molecule has 0 saturated carbocycles. The maximum absolute atomic E-state index is 12.2. The van der Waals surface area contributed by atoms with Crippen LogP contribution in [-0.4, -0.2) is 42.4 Å². The molecule has 1 aliphatic rings. The third-order valence-electron chi connectivity index (χ3n) is 4.98. The number of methoxy groups -OCH3 is 1. The van der Waals surface area contributed by atoms with Crippen molar-refractivity contribution >= 4 is 35.2 Å². The lowest BCUT2D eigenvalue weighted by molar-refractivity contribution is -0.151. The molecule has 1 fully saturated rings. The Kier molecular flexibility index (Phi) is 8.88. The third-order valence-corrected chi connectivity index (χ3v) is 5.96. The van der Waals surface area contributed by atoms with Crippen LogP contribution in [0.2, 0.25) is 0 Å². The maximum atomic E-state index is 12.2. The van der Waals surface area contributed by atoms with Gasteiger partial charge in [0, 0.05) is 12.8 Å². The van der Waals surface area contributed by atoms with E-state index < -0.39 is 17.3 Å². The first-order valence-corrected chi connectivity index (χ1v) is 11.4. The monoisotopic (exact) mass is 471 g/mol. The first-order chi connectivity index (χ1) is 16.0. The number of hydrogen-bond donors (Lipinski definition) is 1. The topological polar surface area (TPSA) is 108 Å². The molecular formula is C24H25NO7S. The van der Waals surface area contributed by atoms with Crippen LogP contribution in [0.25, 0.3) is 0 Å². The molecule has 1 heterocycles. The number of carbonyl (C=O) groups is 4. The summed E-state index contributed by atoms with van der Waals surface area (Å²) in [6.45, 7) is 0.0977. The molecule has 1 N–H and O–H groups in total. The minimum absolute atomic E-state index is 0.0977. The summed E-state index contributed by atoms with van der Waals surface area (Å²) in [6.07, 6.45) is 1.47. The van der Waals surface area contributed by atoms with E-state index in [9.17, 15) is 19.2 Å². The Balaban J connectivity index is 1.61. The predicted molar refractivity (Wildman–Crippen MR) is 122 cm³/mol. The number of unbranched alkanes of at least 4 members (excludes halogenated alkanes) is 1. The molecular weight excluding hydrogens is 446 g/mol. The van der Waals surface area contributed by atoms with Gasteiger partial charge in [-0.05, 0) is 48.2 Å². The van der Waals surface area contributed by atoms with Crippen LogP contribution in [0.3, 0.4) is 0 Å². The fraction of sp³-hybridized carbons (Fsp3) is 0.333. The summed E-state index contributed by atoms with van der Waals surface area (Å²) in [6, 6.07) is 14.4. The van der Waals surface area contributed by atoms with E-state index >= 15 is 0 Å². The number of aldehydes is 1. The summed E-state index contributed by atoms with van der Waals surface area (Å²) < 4.78 is 16.7. The largest absolute Gasteiger partial charge is 0.497 e. The van der Waals surface area contributed by atoms with E-state index in [2.05, 4.69) is 5.32 Å². The molecule has 1 saturated heterocycles. The van der Waals surface area contributed by atoms with E-state index in [1.807, 2.05) is 12.1 Å². The molecule has 174 valence electrons. The van der Waals surface area contributed by atoms with Gasteiger partial charge in [-0.2, -0.15) is 0 Å². The van der Waals surface area contributed by atoms with Gasteiger partial charge in [-0.1, -0.05) is 36.0 Å². The third kappa shape index (κ3) is 7.35. The van der Waals surface area contributed by atoms with Gasteiger partial charge in [0.2, 0.25) is 5.91 Å². The van der Waals surface area contributed by atoms with Crippen LogP contribution < -0.4 is 14.8 Å². The molecule has 0 bridgehead atoms. The van der Waals surface area contributed by atoms with Gasteiger partial charge in [0.25, 0.3) is 5.24 Å². The molecule has 0 spiro atoms. The number of esters is 1. The first-order valence-electron chi connectivity index (χ1n) is 10.5. The fourth-order valence-corrected chi connectivity index (χ4v) is 4.06. The zero-order valence-electron chi connectivity index (χ0n) is 18.2. The SMILES string of the molecule is COc1ccc(C(COc2ccc(CC3SC(=O)NC3=O)cc2)OC(=O)CCCC=O)cc1. The highest BCUT2D eigenvalue weighted by Crippen LogP contribution is 2.26. The molecule has 2 amide bonds. The van der Waals surface area contributed by atoms with Gasteiger partial charge >= 0.3 is 5.97 Å². The van der Waals surface area contributed by atoms with Gasteiger partial charge in [-0.3, -0.25) is 19.7 Å². The van der Waals surface area contributed by atoms with E-state index in [4.69, 9.17) is 14.2 Å². The molecule has 0 aromatic heterocycles. The normalized spacial score (nSPS) is 16.1. The molecule has 8 nitrogen and oxygen atoms in total. The summed E-state index contributed by atoms with van der Waals surface area (Å²) in [5.41, 5.74) is 1.66. The molecule has 9 heteroatoms. The number of rotatable bonds is 12. The number of thioether (sulfide) groups is 1. The van der Waals surface area contributed by atoms with E-state index in [-0.39, 0.29) is 24.2 Å². The Morgan fingerprint density at radius 3 is 2.39 bits per heavy atom. The molecule has 1 aliphatic heterocycles. The highest BCUT2D eigenvalue weighted by Gasteiger charge is 2.31. The molecule has 2 atom stereocenters. The number of benzene rings is 2. The van der Waals surface area contributed by atoms with Crippen molar-refractivity contribution in [1.82, 2.24) is 5.32 Å². The first kappa shape index (κ1) is 24.3. The fourth-order valence-electron chi connectivity index (χ4n) is 3.20. The van der Waals surface area contributed by atoms with Crippen molar-refractivity contribution in [1.29, 1.82) is 0 Å². The van der Waals surface area contributed by atoms with Crippen LogP contribution in [0, 0.1) is 0 Å². The second kappa shape index (κ2) is 12.1. The number of carbonyl (C=O) groups excluding carboxylic acids is 4. The minimum Gasteiger partial charge on any atom is -0.497 e. The average molecular weight is 472 g/mol. The standard InChI is InChI=1S/C24H25NO7S/c1-30-18-11-7-17(8-12-18)20(32-22(27)4-2-3-13-26)15-31-19-9-5-16(6-10-19)14-21-23(28)25-24(29)33-21/h5-13,20-21H,2-4,14-15H2,1H3,(H,25,28,29). The van der Waals surface area contributed by atoms with Crippen molar-refractivity contribution in [2.75, 3.05) is 13.7 Å². The highest BCUT2D eigenvalue weighted by atomic mass is 32.2. The average Bonchev–Trinajstić information content (AvgIpc) is 3.14. The van der Waals surface area contributed by atoms with Gasteiger partial charge in [0.05, 0.1) is 12.4 Å². The van der Waals surface area contributed by atoms with Gasteiger partial charge < -0.3 is 19.0 Å². The van der Waals surface area contributed by atoms with Crippen LogP contribution in [-0.2, 0) is 25.5 Å². The van der Waals surface area contributed by atoms with Crippen LogP contribution in [0.4, 0.5) is 4.79 Å². The Hall–Kier alpha value is -3.33. The quantitative estimate of drug-likeness (QED) is 0.284. The van der Waals surface area contributed by atoms with E-state index in [0.717, 1.165) is 29.2 Å². The van der Waals surface area contributed by atoms with E-state index in [1.165, 1.54) is 0 Å². The van der Waals surface area contributed by atoms with Gasteiger partial charge in [0.1, 0.15) is 24.4 Å². The van der Waals surface area contributed by atoms with Crippen molar-refractivity contribution < 1.29 is 33.4 Å². The molecule has 3 rings (SSSR count). The number of imide groups is 1. The summed E-state index contributed by atoms with van der Waals surface area (Å²) >= 11 is 0.992. The zero-order chi connectivity index (χ0) is 23.6. The number of nitrogens with one attached hydrogen (secondary N) is 1. The van der Waals surface area contributed by atoms with Crippen molar-refractivity contribution in [3.8, 4) is 11.5 Å². The Labute approximate surface area is 196 Å². The van der Waals surface area contributed by atoms with Gasteiger partial charge in [-0.15, -0.1) is 0 Å². The zero-order valence-corrected chi connectivity index (χ0v) is 19.0. The van der Waals surface area contributed by atoms with Crippen molar-refractivity contribution in [3.05, 3.63) is 59.7 Å². The van der Waals surface area contributed by atoms with Gasteiger partial charge in [0.15, 0.2) is 6.10 Å². The maximum Gasteiger partial charge on any atom is 0.306 e.